The Morgan fingerprint density at radius 2 is 2.19 bits per heavy atom. The van der Waals surface area contributed by atoms with E-state index in [0.717, 1.165) is 31.5 Å². The average molecular weight is 333 g/mol. The fourth-order valence-electron chi connectivity index (χ4n) is 2.58. The number of benzene rings is 1. The first kappa shape index (κ1) is 18.4. The molecule has 1 aromatic carbocycles. The Labute approximate surface area is 134 Å². The summed E-state index contributed by atoms with van der Waals surface area (Å²) >= 11 is 0. The first-order valence-corrected chi connectivity index (χ1v) is 8.89. The highest BCUT2D eigenvalue weighted by atomic mass is 35.5. The van der Waals surface area contributed by atoms with Crippen molar-refractivity contribution >= 4 is 22.4 Å². The second kappa shape index (κ2) is 8.73. The van der Waals surface area contributed by atoms with Gasteiger partial charge in [-0.25, -0.2) is 13.1 Å². The van der Waals surface area contributed by atoms with E-state index in [0.29, 0.717) is 17.4 Å². The van der Waals surface area contributed by atoms with Crippen LogP contribution in [0.15, 0.2) is 29.2 Å². The van der Waals surface area contributed by atoms with E-state index in [1.165, 1.54) is 12.8 Å². The van der Waals surface area contributed by atoms with Crippen molar-refractivity contribution in [1.82, 2.24) is 10.0 Å². The van der Waals surface area contributed by atoms with Crippen LogP contribution < -0.4 is 10.0 Å². The Bertz CT molecular complexity index is 528. The second-order valence-electron chi connectivity index (χ2n) is 5.40. The van der Waals surface area contributed by atoms with Gasteiger partial charge in [0.2, 0.25) is 10.0 Å². The molecule has 120 valence electrons. The Kier molecular flexibility index (Phi) is 7.66. The quantitative estimate of drug-likeness (QED) is 0.840. The molecular formula is C15H25ClN2O2S. The van der Waals surface area contributed by atoms with Crippen LogP contribution in [0.3, 0.4) is 0 Å². The van der Waals surface area contributed by atoms with E-state index in [1.807, 2.05) is 13.0 Å². The van der Waals surface area contributed by atoms with Crippen molar-refractivity contribution in [3.63, 3.8) is 0 Å². The third kappa shape index (κ3) is 5.58. The van der Waals surface area contributed by atoms with Crippen LogP contribution in [0.1, 0.15) is 31.7 Å². The SMILES string of the molecule is CCc1cccc(S(=O)(=O)NCCC2CCCNC2)c1.Cl. The Morgan fingerprint density at radius 3 is 2.86 bits per heavy atom. The molecule has 0 saturated carbocycles. The van der Waals surface area contributed by atoms with E-state index in [2.05, 4.69) is 10.0 Å². The van der Waals surface area contributed by atoms with Crippen molar-refractivity contribution < 1.29 is 8.42 Å². The van der Waals surface area contributed by atoms with Crippen molar-refractivity contribution in [2.75, 3.05) is 19.6 Å². The summed E-state index contributed by atoms with van der Waals surface area (Å²) in [4.78, 5) is 0.374. The van der Waals surface area contributed by atoms with Gasteiger partial charge in [-0.3, -0.25) is 0 Å². The molecule has 21 heavy (non-hydrogen) atoms. The molecule has 1 aliphatic heterocycles. The monoisotopic (exact) mass is 332 g/mol. The maximum absolute atomic E-state index is 12.2. The molecule has 1 unspecified atom stereocenters. The highest BCUT2D eigenvalue weighted by Crippen LogP contribution is 2.15. The van der Waals surface area contributed by atoms with Gasteiger partial charge in [0.1, 0.15) is 0 Å². The molecule has 1 heterocycles. The van der Waals surface area contributed by atoms with Crippen molar-refractivity contribution in [1.29, 1.82) is 0 Å². The number of halogens is 1. The molecular weight excluding hydrogens is 308 g/mol. The smallest absolute Gasteiger partial charge is 0.240 e. The Morgan fingerprint density at radius 1 is 1.38 bits per heavy atom. The van der Waals surface area contributed by atoms with Gasteiger partial charge in [0, 0.05) is 6.54 Å². The lowest BCUT2D eigenvalue weighted by Crippen LogP contribution is -2.33. The largest absolute Gasteiger partial charge is 0.316 e. The molecule has 0 aromatic heterocycles. The van der Waals surface area contributed by atoms with E-state index in [1.54, 1.807) is 18.2 Å². The standard InChI is InChI=1S/C15H24N2O2S.ClH/c1-2-13-5-3-7-15(11-13)20(18,19)17-10-8-14-6-4-9-16-12-14;/h3,5,7,11,14,16-17H,2,4,6,8-10,12H2,1H3;1H. The number of nitrogens with one attached hydrogen (secondary N) is 2. The van der Waals surface area contributed by atoms with Crippen molar-refractivity contribution in [2.45, 2.75) is 37.5 Å². The number of hydrogen-bond donors (Lipinski definition) is 2. The molecule has 4 nitrogen and oxygen atoms in total. The maximum atomic E-state index is 12.2. The van der Waals surface area contributed by atoms with Crippen LogP contribution in [0.4, 0.5) is 0 Å². The molecule has 1 aliphatic rings. The number of sulfonamides is 1. The molecule has 0 bridgehead atoms. The molecule has 0 amide bonds. The lowest BCUT2D eigenvalue weighted by Gasteiger charge is -2.22. The molecule has 0 radical (unpaired) electrons. The van der Waals surface area contributed by atoms with Crippen LogP contribution in [-0.4, -0.2) is 28.1 Å². The summed E-state index contributed by atoms with van der Waals surface area (Å²) in [7, 11) is -3.36. The van der Waals surface area contributed by atoms with Crippen LogP contribution in [0.5, 0.6) is 0 Å². The van der Waals surface area contributed by atoms with Gasteiger partial charge >= 0.3 is 0 Å². The second-order valence-corrected chi connectivity index (χ2v) is 7.17. The molecule has 1 atom stereocenters. The van der Waals surface area contributed by atoms with Crippen LogP contribution in [0.2, 0.25) is 0 Å². The van der Waals surface area contributed by atoms with E-state index >= 15 is 0 Å². The fraction of sp³-hybridized carbons (Fsp3) is 0.600. The number of piperidine rings is 1. The first-order valence-electron chi connectivity index (χ1n) is 7.41. The van der Waals surface area contributed by atoms with Gasteiger partial charge in [0.15, 0.2) is 0 Å². The highest BCUT2D eigenvalue weighted by molar-refractivity contribution is 7.89. The Hall–Kier alpha value is -0.620. The molecule has 0 spiro atoms. The summed E-state index contributed by atoms with van der Waals surface area (Å²) in [6.07, 6.45) is 4.13. The number of hydrogen-bond acceptors (Lipinski definition) is 3. The molecule has 1 saturated heterocycles. The summed E-state index contributed by atoms with van der Waals surface area (Å²) in [5, 5.41) is 3.35. The predicted molar refractivity (Wildman–Crippen MR) is 88.5 cm³/mol. The van der Waals surface area contributed by atoms with Gasteiger partial charge in [-0.15, -0.1) is 12.4 Å². The van der Waals surface area contributed by atoms with Gasteiger partial charge in [-0.1, -0.05) is 19.1 Å². The molecule has 1 aromatic rings. The van der Waals surface area contributed by atoms with Crippen LogP contribution in [0.25, 0.3) is 0 Å². The van der Waals surface area contributed by atoms with Crippen LogP contribution >= 0.6 is 12.4 Å². The third-order valence-corrected chi connectivity index (χ3v) is 5.32. The van der Waals surface area contributed by atoms with Crippen LogP contribution in [0, 0.1) is 5.92 Å². The first-order chi connectivity index (χ1) is 9.62. The topological polar surface area (TPSA) is 58.2 Å². The zero-order valence-electron chi connectivity index (χ0n) is 12.5. The molecule has 2 rings (SSSR count). The van der Waals surface area contributed by atoms with Gasteiger partial charge in [-0.2, -0.15) is 0 Å². The molecule has 6 heteroatoms. The molecule has 1 fully saturated rings. The highest BCUT2D eigenvalue weighted by Gasteiger charge is 2.16. The molecule has 2 N–H and O–H groups in total. The van der Waals surface area contributed by atoms with Crippen molar-refractivity contribution in [3.8, 4) is 0 Å². The van der Waals surface area contributed by atoms with Crippen LogP contribution in [-0.2, 0) is 16.4 Å². The Balaban J connectivity index is 0.00000220. The summed E-state index contributed by atoms with van der Waals surface area (Å²) in [5.41, 5.74) is 1.05. The summed E-state index contributed by atoms with van der Waals surface area (Å²) in [6, 6.07) is 7.17. The maximum Gasteiger partial charge on any atom is 0.240 e. The van der Waals surface area contributed by atoms with Gasteiger partial charge < -0.3 is 5.32 Å². The van der Waals surface area contributed by atoms with Gasteiger partial charge in [0.25, 0.3) is 0 Å². The van der Waals surface area contributed by atoms with Gasteiger partial charge in [0.05, 0.1) is 4.90 Å². The van der Waals surface area contributed by atoms with Crippen molar-refractivity contribution in [2.24, 2.45) is 5.92 Å². The predicted octanol–water partition coefficient (Wildman–Crippen LogP) is 2.34. The number of aryl methyl sites for hydroxylation is 1. The van der Waals surface area contributed by atoms with Gasteiger partial charge in [-0.05, 0) is 62.4 Å². The normalized spacial score (nSPS) is 19.0. The van der Waals surface area contributed by atoms with E-state index in [9.17, 15) is 8.42 Å². The van der Waals surface area contributed by atoms with Crippen molar-refractivity contribution in [3.05, 3.63) is 29.8 Å². The van der Waals surface area contributed by atoms with E-state index in [-0.39, 0.29) is 12.4 Å². The van der Waals surface area contributed by atoms with E-state index in [4.69, 9.17) is 0 Å². The third-order valence-electron chi connectivity index (χ3n) is 3.86. The summed E-state index contributed by atoms with van der Waals surface area (Å²) in [5.74, 6) is 0.591. The lowest BCUT2D eigenvalue weighted by molar-refractivity contribution is 0.358. The fourth-order valence-corrected chi connectivity index (χ4v) is 3.70. The molecule has 0 aliphatic carbocycles. The summed E-state index contributed by atoms with van der Waals surface area (Å²) < 4.78 is 27.1. The number of rotatable bonds is 6. The average Bonchev–Trinajstić information content (AvgIpc) is 2.48. The minimum atomic E-state index is -3.36. The lowest BCUT2D eigenvalue weighted by atomic mass is 9.96. The minimum absolute atomic E-state index is 0. The minimum Gasteiger partial charge on any atom is -0.316 e. The van der Waals surface area contributed by atoms with E-state index < -0.39 is 10.0 Å². The summed E-state index contributed by atoms with van der Waals surface area (Å²) in [6.45, 7) is 4.64. The zero-order chi connectivity index (χ0) is 14.4. The zero-order valence-corrected chi connectivity index (χ0v) is 14.1.